The average molecular weight is 885 g/mol. The molecule has 2 fully saturated rings. The van der Waals surface area contributed by atoms with Crippen molar-refractivity contribution in [2.75, 3.05) is 39.3 Å². The van der Waals surface area contributed by atoms with Crippen LogP contribution in [0.5, 0.6) is 5.75 Å². The Labute approximate surface area is 380 Å². The number of fused-ring (bicyclic) bond motifs is 2. The van der Waals surface area contributed by atoms with Crippen molar-refractivity contribution in [1.29, 1.82) is 0 Å². The minimum Gasteiger partial charge on any atom is -0.491 e. The second kappa shape index (κ2) is 22.9. The first-order chi connectivity index (χ1) is 31.6. The van der Waals surface area contributed by atoms with Crippen molar-refractivity contribution in [3.8, 4) is 5.75 Å². The maximum absolute atomic E-state index is 13.8. The Bertz CT molecular complexity index is 2470. The first-order valence-corrected chi connectivity index (χ1v) is 23.1. The first-order valence-electron chi connectivity index (χ1n) is 23.1. The number of nitrogens with zero attached hydrogens (tertiary/aromatic N) is 5. The van der Waals surface area contributed by atoms with Gasteiger partial charge in [-0.25, -0.2) is 9.37 Å². The molecular formula is C51H61FN8O5. The molecule has 2 aliphatic rings. The van der Waals surface area contributed by atoms with Gasteiger partial charge in [-0.1, -0.05) is 37.8 Å². The number of imidazole rings is 1. The van der Waals surface area contributed by atoms with Crippen LogP contribution in [-0.4, -0.2) is 98.2 Å². The number of carbonyl (C=O) groups excluding carboxylic acids is 4. The normalized spacial score (nSPS) is 14.6. The van der Waals surface area contributed by atoms with E-state index < -0.39 is 5.82 Å². The molecule has 4 aromatic heterocycles. The number of pyridine rings is 2. The molecule has 0 atom stereocenters. The Morgan fingerprint density at radius 3 is 2.03 bits per heavy atom. The van der Waals surface area contributed by atoms with Gasteiger partial charge >= 0.3 is 0 Å². The summed E-state index contributed by atoms with van der Waals surface area (Å²) in [5, 5.41) is 6.90. The highest BCUT2D eigenvalue weighted by Gasteiger charge is 2.26. The summed E-state index contributed by atoms with van der Waals surface area (Å²) in [5.41, 5.74) is 3.80. The third-order valence-corrected chi connectivity index (χ3v) is 12.3. The molecule has 8 rings (SSSR count). The topological polar surface area (TPSA) is 154 Å². The van der Waals surface area contributed by atoms with Gasteiger partial charge in [-0.3, -0.25) is 24.2 Å². The second-order valence-corrected chi connectivity index (χ2v) is 17.4. The van der Waals surface area contributed by atoms with Gasteiger partial charge in [0.15, 0.2) is 0 Å². The summed E-state index contributed by atoms with van der Waals surface area (Å²) in [6, 6.07) is 20.9. The van der Waals surface area contributed by atoms with Crippen LogP contribution in [0.1, 0.15) is 120 Å². The Morgan fingerprint density at radius 1 is 0.754 bits per heavy atom. The number of rotatable bonds is 16. The lowest BCUT2D eigenvalue weighted by atomic mass is 9.91. The molecule has 0 saturated carbocycles. The van der Waals surface area contributed by atoms with Gasteiger partial charge in [0.25, 0.3) is 23.6 Å². The van der Waals surface area contributed by atoms with E-state index in [0.29, 0.717) is 49.3 Å². The SMILES string of the molecule is CC(C)Oc1ccc(C(=O)N2CCC(CCCCNC(=O)c3ccc4nccn4c3)CC2)cc1.O=C(NCCCCC1CCN(C(=O)c2ccccc2F)CC1)c1cc2cnccc2[nH]1. The molecule has 14 heteroatoms. The van der Waals surface area contributed by atoms with E-state index in [1.807, 2.05) is 71.8 Å². The number of unbranched alkanes of at least 4 members (excludes halogenated alkanes) is 2. The Morgan fingerprint density at radius 2 is 1.38 bits per heavy atom. The Kier molecular flexibility index (Phi) is 16.3. The molecule has 6 heterocycles. The largest absolute Gasteiger partial charge is 0.491 e. The number of halogens is 1. The minimum atomic E-state index is -0.458. The number of benzene rings is 2. The van der Waals surface area contributed by atoms with Gasteiger partial charge in [0, 0.05) is 86.7 Å². The maximum atomic E-state index is 13.8. The number of amides is 4. The zero-order chi connectivity index (χ0) is 45.5. The van der Waals surface area contributed by atoms with Crippen molar-refractivity contribution >= 4 is 40.2 Å². The number of H-pyrrole nitrogens is 1. The molecule has 0 radical (unpaired) electrons. The van der Waals surface area contributed by atoms with E-state index in [2.05, 4.69) is 25.6 Å². The molecule has 0 bridgehead atoms. The van der Waals surface area contributed by atoms with Crippen LogP contribution in [0.4, 0.5) is 4.39 Å². The van der Waals surface area contributed by atoms with Crippen molar-refractivity contribution in [3.63, 3.8) is 0 Å². The number of hydrogen-bond donors (Lipinski definition) is 3. The molecule has 0 aliphatic carbocycles. The molecule has 6 aromatic rings. The number of aromatic nitrogens is 4. The Balaban J connectivity index is 0.000000195. The highest BCUT2D eigenvalue weighted by Crippen LogP contribution is 2.26. The Hall–Kier alpha value is -6.57. The molecule has 13 nitrogen and oxygen atoms in total. The molecule has 0 unspecified atom stereocenters. The van der Waals surface area contributed by atoms with Gasteiger partial charge in [-0.15, -0.1) is 0 Å². The van der Waals surface area contributed by atoms with Crippen LogP contribution in [0.3, 0.4) is 0 Å². The molecular weight excluding hydrogens is 824 g/mol. The van der Waals surface area contributed by atoms with Crippen LogP contribution in [0.2, 0.25) is 0 Å². The van der Waals surface area contributed by atoms with Crippen LogP contribution in [0.15, 0.2) is 104 Å². The molecule has 65 heavy (non-hydrogen) atoms. The summed E-state index contributed by atoms with van der Waals surface area (Å²) >= 11 is 0. The van der Waals surface area contributed by atoms with Gasteiger partial charge in [0.05, 0.1) is 17.2 Å². The molecule has 2 saturated heterocycles. The molecule has 342 valence electrons. The highest BCUT2D eigenvalue weighted by molar-refractivity contribution is 5.98. The smallest absolute Gasteiger partial charge is 0.267 e. The standard InChI is InChI=1S/C27H34N4O3.C24H27FN4O2/c1-20(2)34-24-9-6-22(7-10-24)27(33)30-16-12-21(13-17-30)5-3-4-14-29-26(32)23-8-11-25-28-15-18-31(25)19-23;25-20-7-2-1-6-19(20)24(31)29-13-9-17(10-14-29)5-3-4-11-27-23(30)22-15-18-16-26-12-8-21(18)28-22/h6-11,15,18-21H,3-5,12-14,16-17H2,1-2H3,(H,29,32);1-2,6-8,12,15-17,28H,3-5,9-11,13-14H2,(H,27,30). The fraction of sp³-hybridized carbons (Fsp3) is 0.412. The van der Waals surface area contributed by atoms with Crippen molar-refractivity contribution < 1.29 is 28.3 Å². The van der Waals surface area contributed by atoms with E-state index in [-0.39, 0.29) is 35.3 Å². The summed E-state index contributed by atoms with van der Waals surface area (Å²) in [4.78, 5) is 65.1. The minimum absolute atomic E-state index is 0.0498. The highest BCUT2D eigenvalue weighted by atomic mass is 19.1. The summed E-state index contributed by atoms with van der Waals surface area (Å²) in [6.45, 7) is 8.24. The van der Waals surface area contributed by atoms with E-state index in [1.165, 1.54) is 6.07 Å². The van der Waals surface area contributed by atoms with Crippen molar-refractivity contribution in [2.45, 2.75) is 84.2 Å². The third kappa shape index (κ3) is 13.0. The van der Waals surface area contributed by atoms with E-state index in [4.69, 9.17) is 4.74 Å². The van der Waals surface area contributed by atoms with Gasteiger partial charge in [0.1, 0.15) is 22.9 Å². The predicted molar refractivity (Wildman–Crippen MR) is 250 cm³/mol. The molecule has 3 N–H and O–H groups in total. The van der Waals surface area contributed by atoms with Gasteiger partial charge in [0.2, 0.25) is 0 Å². The van der Waals surface area contributed by atoms with Gasteiger partial charge < -0.3 is 34.6 Å². The molecule has 0 spiro atoms. The monoisotopic (exact) mass is 884 g/mol. The van der Waals surface area contributed by atoms with Crippen molar-refractivity contribution in [1.82, 2.24) is 39.8 Å². The van der Waals surface area contributed by atoms with Crippen LogP contribution in [-0.2, 0) is 0 Å². The van der Waals surface area contributed by atoms with Crippen molar-refractivity contribution in [2.24, 2.45) is 11.8 Å². The summed E-state index contributed by atoms with van der Waals surface area (Å²) in [7, 11) is 0. The maximum Gasteiger partial charge on any atom is 0.267 e. The number of aromatic amines is 1. The average Bonchev–Trinajstić information content (AvgIpc) is 3.99. The molecule has 4 amide bonds. The van der Waals surface area contributed by atoms with Crippen molar-refractivity contribution in [3.05, 3.63) is 132 Å². The number of carbonyl (C=O) groups is 4. The summed E-state index contributed by atoms with van der Waals surface area (Å²) in [5.74, 6) is 1.29. The van der Waals surface area contributed by atoms with E-state index >= 15 is 0 Å². The van der Waals surface area contributed by atoms with Crippen LogP contribution in [0, 0.1) is 17.7 Å². The zero-order valence-corrected chi connectivity index (χ0v) is 37.5. The quantitative estimate of drug-likeness (QED) is 0.0822. The van der Waals surface area contributed by atoms with Gasteiger partial charge in [-0.2, -0.15) is 0 Å². The lowest BCUT2D eigenvalue weighted by Crippen LogP contribution is -2.38. The number of likely N-dealkylation sites (tertiary alicyclic amines) is 2. The van der Waals surface area contributed by atoms with E-state index in [1.54, 1.807) is 54.0 Å². The summed E-state index contributed by atoms with van der Waals surface area (Å²) < 4.78 is 21.4. The lowest BCUT2D eigenvalue weighted by molar-refractivity contribution is 0.0675. The number of hydrogen-bond acceptors (Lipinski definition) is 7. The predicted octanol–water partition coefficient (Wildman–Crippen LogP) is 8.73. The van der Waals surface area contributed by atoms with E-state index in [9.17, 15) is 23.6 Å². The second-order valence-electron chi connectivity index (χ2n) is 17.4. The number of ether oxygens (including phenoxy) is 1. The van der Waals surface area contributed by atoms with Crippen LogP contribution in [0.25, 0.3) is 16.6 Å². The van der Waals surface area contributed by atoms with Crippen LogP contribution >= 0.6 is 0 Å². The molecule has 2 aromatic carbocycles. The third-order valence-electron chi connectivity index (χ3n) is 12.3. The fourth-order valence-electron chi connectivity index (χ4n) is 8.65. The lowest BCUT2D eigenvalue weighted by Gasteiger charge is -2.32. The summed E-state index contributed by atoms with van der Waals surface area (Å²) in [6.07, 6.45) is 19.1. The van der Waals surface area contributed by atoms with E-state index in [0.717, 1.165) is 105 Å². The number of nitrogens with one attached hydrogen (secondary N) is 3. The molecule has 2 aliphatic heterocycles. The zero-order valence-electron chi connectivity index (χ0n) is 37.5. The van der Waals surface area contributed by atoms with Crippen LogP contribution < -0.4 is 15.4 Å². The fourth-order valence-corrected chi connectivity index (χ4v) is 8.65. The van der Waals surface area contributed by atoms with Gasteiger partial charge in [-0.05, 0) is 125 Å². The first kappa shape index (κ1) is 46.4. The number of piperidine rings is 2.